The van der Waals surface area contributed by atoms with E-state index in [2.05, 4.69) is 4.98 Å². The Morgan fingerprint density at radius 3 is 2.58 bits per heavy atom. The Labute approximate surface area is 115 Å². The monoisotopic (exact) mass is 287 g/mol. The standard InChI is InChI=1S/C12H14ClNO5/c1-3-17-10(15)7-19-9-5-8(13)6-14-11(9)12(16)18-4-2/h5-6H,3-4,7H2,1-2H3. The molecular formula is C12H14ClNO5. The molecule has 0 atom stereocenters. The van der Waals surface area contributed by atoms with Crippen LogP contribution in [0.15, 0.2) is 12.3 Å². The molecule has 1 aromatic rings. The van der Waals surface area contributed by atoms with E-state index in [4.69, 9.17) is 25.8 Å². The summed E-state index contributed by atoms with van der Waals surface area (Å²) in [5.74, 6) is -1.10. The molecule has 0 N–H and O–H groups in total. The lowest BCUT2D eigenvalue weighted by Gasteiger charge is -2.09. The van der Waals surface area contributed by atoms with Gasteiger partial charge in [-0.25, -0.2) is 14.6 Å². The zero-order chi connectivity index (χ0) is 14.3. The summed E-state index contributed by atoms with van der Waals surface area (Å²) in [6.45, 7) is 3.49. The molecule has 7 heteroatoms. The van der Waals surface area contributed by atoms with Crippen molar-refractivity contribution in [2.24, 2.45) is 0 Å². The average Bonchev–Trinajstić information content (AvgIpc) is 2.37. The number of halogens is 1. The van der Waals surface area contributed by atoms with Crippen LogP contribution in [0.2, 0.25) is 5.02 Å². The molecule has 0 radical (unpaired) electrons. The number of carbonyl (C=O) groups excluding carboxylic acids is 2. The molecule has 1 aromatic heterocycles. The predicted molar refractivity (Wildman–Crippen MR) is 67.3 cm³/mol. The smallest absolute Gasteiger partial charge is 0.360 e. The molecule has 6 nitrogen and oxygen atoms in total. The van der Waals surface area contributed by atoms with Gasteiger partial charge in [0.25, 0.3) is 0 Å². The molecule has 1 heterocycles. The third kappa shape index (κ3) is 4.75. The lowest BCUT2D eigenvalue weighted by atomic mass is 10.3. The van der Waals surface area contributed by atoms with Gasteiger partial charge in [-0.1, -0.05) is 11.6 Å². The van der Waals surface area contributed by atoms with Crippen LogP contribution in [0.1, 0.15) is 24.3 Å². The molecule has 19 heavy (non-hydrogen) atoms. The zero-order valence-corrected chi connectivity index (χ0v) is 11.4. The maximum Gasteiger partial charge on any atom is 0.360 e. The zero-order valence-electron chi connectivity index (χ0n) is 10.6. The molecule has 0 aliphatic heterocycles. The van der Waals surface area contributed by atoms with Crippen LogP contribution in [0.25, 0.3) is 0 Å². The van der Waals surface area contributed by atoms with Crippen LogP contribution < -0.4 is 4.74 Å². The van der Waals surface area contributed by atoms with Crippen LogP contribution in [0, 0.1) is 0 Å². The van der Waals surface area contributed by atoms with Gasteiger partial charge in [0.1, 0.15) is 0 Å². The average molecular weight is 288 g/mol. The van der Waals surface area contributed by atoms with Crippen LogP contribution in [-0.4, -0.2) is 36.7 Å². The Morgan fingerprint density at radius 1 is 1.26 bits per heavy atom. The topological polar surface area (TPSA) is 74.7 Å². The van der Waals surface area contributed by atoms with Gasteiger partial charge in [-0.15, -0.1) is 0 Å². The molecule has 104 valence electrons. The maximum atomic E-state index is 11.6. The third-order valence-corrected chi connectivity index (χ3v) is 2.15. The number of nitrogens with zero attached hydrogens (tertiary/aromatic N) is 1. The van der Waals surface area contributed by atoms with Gasteiger partial charge < -0.3 is 14.2 Å². The van der Waals surface area contributed by atoms with Crippen molar-refractivity contribution in [2.75, 3.05) is 19.8 Å². The minimum Gasteiger partial charge on any atom is -0.479 e. The van der Waals surface area contributed by atoms with Crippen molar-refractivity contribution in [1.29, 1.82) is 0 Å². The first-order valence-corrected chi connectivity index (χ1v) is 6.07. The highest BCUT2D eigenvalue weighted by Gasteiger charge is 2.17. The number of aromatic nitrogens is 1. The minimum atomic E-state index is -0.641. The van der Waals surface area contributed by atoms with Crippen LogP contribution in [0.3, 0.4) is 0 Å². The Morgan fingerprint density at radius 2 is 1.95 bits per heavy atom. The van der Waals surface area contributed by atoms with E-state index in [9.17, 15) is 9.59 Å². The van der Waals surface area contributed by atoms with Crippen molar-refractivity contribution in [2.45, 2.75) is 13.8 Å². The van der Waals surface area contributed by atoms with E-state index in [0.717, 1.165) is 0 Å². The second kappa shape index (κ2) is 7.58. The van der Waals surface area contributed by atoms with Crippen LogP contribution in [0.4, 0.5) is 0 Å². The third-order valence-electron chi connectivity index (χ3n) is 1.94. The first-order valence-electron chi connectivity index (χ1n) is 5.69. The fraction of sp³-hybridized carbons (Fsp3) is 0.417. The van der Waals surface area contributed by atoms with Gasteiger partial charge in [0, 0.05) is 12.3 Å². The Hall–Kier alpha value is -1.82. The van der Waals surface area contributed by atoms with Gasteiger partial charge in [-0.3, -0.25) is 0 Å². The fourth-order valence-electron chi connectivity index (χ4n) is 1.22. The summed E-state index contributed by atoms with van der Waals surface area (Å²) >= 11 is 5.76. The second-order valence-corrected chi connectivity index (χ2v) is 3.75. The summed E-state index contributed by atoms with van der Waals surface area (Å²) < 4.78 is 14.7. The Balaban J connectivity index is 2.82. The minimum absolute atomic E-state index is 0.0319. The van der Waals surface area contributed by atoms with Gasteiger partial charge in [-0.05, 0) is 13.8 Å². The number of hydrogen-bond donors (Lipinski definition) is 0. The molecule has 0 bridgehead atoms. The normalized spacial score (nSPS) is 9.84. The molecule has 0 saturated carbocycles. The van der Waals surface area contributed by atoms with Gasteiger partial charge >= 0.3 is 11.9 Å². The number of esters is 2. The first-order chi connectivity index (χ1) is 9.08. The van der Waals surface area contributed by atoms with Crippen LogP contribution >= 0.6 is 11.6 Å². The van der Waals surface area contributed by atoms with E-state index in [1.54, 1.807) is 13.8 Å². The highest BCUT2D eigenvalue weighted by atomic mass is 35.5. The number of rotatable bonds is 6. The highest BCUT2D eigenvalue weighted by Crippen LogP contribution is 2.21. The van der Waals surface area contributed by atoms with E-state index in [1.807, 2.05) is 0 Å². The van der Waals surface area contributed by atoms with Crippen molar-refractivity contribution in [3.05, 3.63) is 23.0 Å². The molecule has 0 unspecified atom stereocenters. The molecule has 0 aliphatic rings. The van der Waals surface area contributed by atoms with Crippen molar-refractivity contribution in [1.82, 2.24) is 4.98 Å². The molecule has 0 aromatic carbocycles. The van der Waals surface area contributed by atoms with E-state index in [1.165, 1.54) is 12.3 Å². The molecule has 0 saturated heterocycles. The molecular weight excluding hydrogens is 274 g/mol. The van der Waals surface area contributed by atoms with Crippen molar-refractivity contribution in [3.63, 3.8) is 0 Å². The summed E-state index contributed by atoms with van der Waals surface area (Å²) in [5.41, 5.74) is -0.0319. The molecule has 0 aliphatic carbocycles. The maximum absolute atomic E-state index is 11.6. The first kappa shape index (κ1) is 15.2. The number of hydrogen-bond acceptors (Lipinski definition) is 6. The Kier molecular flexibility index (Phi) is 6.08. The van der Waals surface area contributed by atoms with Crippen LogP contribution in [0.5, 0.6) is 5.75 Å². The predicted octanol–water partition coefficient (Wildman–Crippen LogP) is 1.85. The lowest BCUT2D eigenvalue weighted by molar-refractivity contribution is -0.145. The van der Waals surface area contributed by atoms with E-state index in [0.29, 0.717) is 0 Å². The van der Waals surface area contributed by atoms with Crippen molar-refractivity contribution < 1.29 is 23.8 Å². The summed E-state index contributed by atoms with van der Waals surface area (Å²) in [6, 6.07) is 1.39. The summed E-state index contributed by atoms with van der Waals surface area (Å²) in [5, 5.41) is 0.284. The van der Waals surface area contributed by atoms with E-state index >= 15 is 0 Å². The van der Waals surface area contributed by atoms with Gasteiger partial charge in [0.05, 0.1) is 18.2 Å². The summed E-state index contributed by atoms with van der Waals surface area (Å²) in [7, 11) is 0. The van der Waals surface area contributed by atoms with Gasteiger partial charge in [0.15, 0.2) is 18.1 Å². The molecule has 0 spiro atoms. The molecule has 0 fully saturated rings. The van der Waals surface area contributed by atoms with E-state index in [-0.39, 0.29) is 36.3 Å². The second-order valence-electron chi connectivity index (χ2n) is 3.31. The molecule has 1 rings (SSSR count). The quantitative estimate of drug-likeness (QED) is 0.743. The van der Waals surface area contributed by atoms with Crippen LogP contribution in [-0.2, 0) is 14.3 Å². The Bertz CT molecular complexity index is 463. The summed E-state index contributed by atoms with van der Waals surface area (Å²) in [6.07, 6.45) is 1.30. The SMILES string of the molecule is CCOC(=O)COc1cc(Cl)cnc1C(=O)OCC. The highest BCUT2D eigenvalue weighted by molar-refractivity contribution is 6.30. The summed E-state index contributed by atoms with van der Waals surface area (Å²) in [4.78, 5) is 26.7. The largest absolute Gasteiger partial charge is 0.479 e. The lowest BCUT2D eigenvalue weighted by Crippen LogP contribution is -2.17. The van der Waals surface area contributed by atoms with Gasteiger partial charge in [0.2, 0.25) is 0 Å². The van der Waals surface area contributed by atoms with Crippen molar-refractivity contribution in [3.8, 4) is 5.75 Å². The number of pyridine rings is 1. The van der Waals surface area contributed by atoms with E-state index < -0.39 is 11.9 Å². The number of ether oxygens (including phenoxy) is 3. The fourth-order valence-corrected chi connectivity index (χ4v) is 1.37. The van der Waals surface area contributed by atoms with Gasteiger partial charge in [-0.2, -0.15) is 0 Å². The molecule has 0 amide bonds. The van der Waals surface area contributed by atoms with Crippen molar-refractivity contribution >= 4 is 23.5 Å². The number of carbonyl (C=O) groups is 2.